The first-order chi connectivity index (χ1) is 12.2. The third-order valence-electron chi connectivity index (χ3n) is 4.01. The number of amides is 1. The van der Waals surface area contributed by atoms with Gasteiger partial charge in [-0.1, -0.05) is 41.9 Å². The number of nitrogens with zero attached hydrogens (tertiary/aromatic N) is 1. The van der Waals surface area contributed by atoms with Crippen molar-refractivity contribution in [3.05, 3.63) is 75.8 Å². The minimum atomic E-state index is -0.499. The Morgan fingerprint density at radius 2 is 2.04 bits per heavy atom. The molecule has 1 unspecified atom stereocenters. The minimum absolute atomic E-state index is 0.163. The number of anilines is 1. The molecule has 2 aromatic carbocycles. The van der Waals surface area contributed by atoms with E-state index in [-0.39, 0.29) is 5.91 Å². The lowest BCUT2D eigenvalue weighted by Gasteiger charge is -2.09. The second-order valence-electron chi connectivity index (χ2n) is 5.84. The quantitative estimate of drug-likeness (QED) is 0.743. The molecule has 1 amide bonds. The van der Waals surface area contributed by atoms with Crippen molar-refractivity contribution >= 4 is 34.0 Å². The van der Waals surface area contributed by atoms with Crippen LogP contribution in [0.5, 0.6) is 5.75 Å². The summed E-state index contributed by atoms with van der Waals surface area (Å²) in [6.45, 7) is 0. The fraction of sp³-hybridized carbons (Fsp3) is 0.158. The number of carbonyl (C=O) groups excluding carboxylic acids is 1. The molecule has 1 N–H and O–H groups in total. The van der Waals surface area contributed by atoms with Gasteiger partial charge in [-0.05, 0) is 29.3 Å². The first kappa shape index (κ1) is 16.1. The first-order valence-electron chi connectivity index (χ1n) is 7.92. The maximum Gasteiger partial charge on any atom is 0.267 e. The van der Waals surface area contributed by atoms with Crippen molar-refractivity contribution in [3.8, 4) is 5.75 Å². The smallest absolute Gasteiger partial charge is 0.267 e. The lowest BCUT2D eigenvalue weighted by atomic mass is 10.1. The summed E-state index contributed by atoms with van der Waals surface area (Å²) in [5.41, 5.74) is 2.21. The van der Waals surface area contributed by atoms with Crippen LogP contribution in [0.3, 0.4) is 0 Å². The van der Waals surface area contributed by atoms with E-state index in [0.29, 0.717) is 11.6 Å². The molecule has 0 radical (unpaired) electrons. The number of hydrogen-bond acceptors (Lipinski definition) is 4. The largest absolute Gasteiger partial charge is 0.480 e. The zero-order valence-corrected chi connectivity index (χ0v) is 14.8. The second kappa shape index (κ2) is 6.86. The fourth-order valence-electron chi connectivity index (χ4n) is 2.76. The van der Waals surface area contributed by atoms with E-state index < -0.39 is 6.10 Å². The van der Waals surface area contributed by atoms with E-state index >= 15 is 0 Å². The maximum atomic E-state index is 12.4. The average Bonchev–Trinajstić information content (AvgIpc) is 3.23. The van der Waals surface area contributed by atoms with Crippen LogP contribution in [0.2, 0.25) is 5.02 Å². The molecule has 1 aliphatic rings. The molecule has 2 heterocycles. The Bertz CT molecular complexity index is 883. The van der Waals surface area contributed by atoms with Crippen LogP contribution in [0.25, 0.3) is 0 Å². The monoisotopic (exact) mass is 370 g/mol. The normalized spacial score (nSPS) is 15.5. The van der Waals surface area contributed by atoms with Crippen molar-refractivity contribution in [2.45, 2.75) is 18.9 Å². The Balaban J connectivity index is 1.38. The van der Waals surface area contributed by atoms with Crippen molar-refractivity contribution in [2.24, 2.45) is 0 Å². The fourth-order valence-corrected chi connectivity index (χ4v) is 3.74. The zero-order valence-electron chi connectivity index (χ0n) is 13.2. The number of nitrogens with one attached hydrogen (secondary N) is 1. The molecule has 3 aromatic rings. The molecule has 0 spiro atoms. The molecular formula is C19H15ClN2O2S. The standard InChI is InChI=1S/C19H15ClN2O2S/c20-14-7-5-12(6-8-14)9-15-11-21-19(25-15)22-18(23)17-10-13-3-1-2-4-16(13)24-17/h1-8,11,17H,9-10H2,(H,21,22,23). The summed E-state index contributed by atoms with van der Waals surface area (Å²) in [7, 11) is 0. The van der Waals surface area contributed by atoms with Gasteiger partial charge in [-0.15, -0.1) is 11.3 Å². The summed E-state index contributed by atoms with van der Waals surface area (Å²) in [6.07, 6.45) is 2.64. The van der Waals surface area contributed by atoms with E-state index in [1.165, 1.54) is 11.3 Å². The summed E-state index contributed by atoms with van der Waals surface area (Å²) in [4.78, 5) is 17.8. The van der Waals surface area contributed by atoms with E-state index in [0.717, 1.165) is 33.2 Å². The van der Waals surface area contributed by atoms with Crippen LogP contribution in [-0.4, -0.2) is 17.0 Å². The number of halogens is 1. The van der Waals surface area contributed by atoms with Gasteiger partial charge < -0.3 is 4.74 Å². The molecule has 0 saturated carbocycles. The van der Waals surface area contributed by atoms with E-state index in [2.05, 4.69) is 10.3 Å². The van der Waals surface area contributed by atoms with Gasteiger partial charge in [-0.25, -0.2) is 4.98 Å². The molecule has 4 rings (SSSR count). The molecule has 0 aliphatic carbocycles. The average molecular weight is 371 g/mol. The Kier molecular flexibility index (Phi) is 4.42. The summed E-state index contributed by atoms with van der Waals surface area (Å²) in [5.74, 6) is 0.619. The molecule has 126 valence electrons. The molecule has 0 bridgehead atoms. The predicted molar refractivity (Wildman–Crippen MR) is 99.6 cm³/mol. The zero-order chi connectivity index (χ0) is 17.2. The highest BCUT2D eigenvalue weighted by atomic mass is 35.5. The summed E-state index contributed by atoms with van der Waals surface area (Å²) in [5, 5.41) is 4.17. The van der Waals surface area contributed by atoms with Crippen LogP contribution in [0, 0.1) is 0 Å². The topological polar surface area (TPSA) is 51.2 Å². The molecule has 0 saturated heterocycles. The van der Waals surface area contributed by atoms with Gasteiger partial charge in [0.1, 0.15) is 5.75 Å². The van der Waals surface area contributed by atoms with E-state index in [4.69, 9.17) is 16.3 Å². The number of para-hydroxylation sites is 1. The highest BCUT2D eigenvalue weighted by Crippen LogP contribution is 2.29. The number of ether oxygens (including phenoxy) is 1. The SMILES string of the molecule is O=C(Nc1ncc(Cc2ccc(Cl)cc2)s1)C1Cc2ccccc2O1. The molecule has 1 aromatic heterocycles. The van der Waals surface area contributed by atoms with Crippen molar-refractivity contribution in [1.29, 1.82) is 0 Å². The van der Waals surface area contributed by atoms with Gasteiger partial charge in [-0.2, -0.15) is 0 Å². The van der Waals surface area contributed by atoms with Crippen molar-refractivity contribution in [1.82, 2.24) is 4.98 Å². The van der Waals surface area contributed by atoms with Gasteiger partial charge in [0, 0.05) is 28.9 Å². The van der Waals surface area contributed by atoms with Gasteiger partial charge in [-0.3, -0.25) is 10.1 Å². The molecule has 1 aliphatic heterocycles. The third-order valence-corrected chi connectivity index (χ3v) is 5.18. The minimum Gasteiger partial charge on any atom is -0.480 e. The number of fused-ring (bicyclic) bond motifs is 1. The molecule has 1 atom stereocenters. The Labute approximate surface area is 154 Å². The first-order valence-corrected chi connectivity index (χ1v) is 9.11. The number of rotatable bonds is 4. The highest BCUT2D eigenvalue weighted by Gasteiger charge is 2.29. The van der Waals surface area contributed by atoms with Crippen molar-refractivity contribution in [3.63, 3.8) is 0 Å². The van der Waals surface area contributed by atoms with Crippen molar-refractivity contribution in [2.75, 3.05) is 5.32 Å². The number of hydrogen-bond donors (Lipinski definition) is 1. The lowest BCUT2D eigenvalue weighted by Crippen LogP contribution is -2.31. The van der Waals surface area contributed by atoms with Crippen LogP contribution in [0.1, 0.15) is 16.0 Å². The number of thiazole rings is 1. The Hall–Kier alpha value is -2.37. The molecule has 4 nitrogen and oxygen atoms in total. The second-order valence-corrected chi connectivity index (χ2v) is 7.39. The highest BCUT2D eigenvalue weighted by molar-refractivity contribution is 7.15. The number of carbonyl (C=O) groups is 1. The number of benzene rings is 2. The third kappa shape index (κ3) is 3.67. The summed E-state index contributed by atoms with van der Waals surface area (Å²) in [6, 6.07) is 15.4. The molecule has 6 heteroatoms. The Morgan fingerprint density at radius 3 is 2.84 bits per heavy atom. The van der Waals surface area contributed by atoms with Crippen LogP contribution in [-0.2, 0) is 17.6 Å². The van der Waals surface area contributed by atoms with Crippen molar-refractivity contribution < 1.29 is 9.53 Å². The summed E-state index contributed by atoms with van der Waals surface area (Å²) < 4.78 is 5.71. The molecule has 25 heavy (non-hydrogen) atoms. The van der Waals surface area contributed by atoms with Gasteiger partial charge in [0.15, 0.2) is 11.2 Å². The lowest BCUT2D eigenvalue weighted by molar-refractivity contribution is -0.122. The Morgan fingerprint density at radius 1 is 1.24 bits per heavy atom. The summed E-state index contributed by atoms with van der Waals surface area (Å²) >= 11 is 7.37. The van der Waals surface area contributed by atoms with Gasteiger partial charge in [0.2, 0.25) is 0 Å². The van der Waals surface area contributed by atoms with Crippen LogP contribution in [0.4, 0.5) is 5.13 Å². The van der Waals surface area contributed by atoms with E-state index in [9.17, 15) is 4.79 Å². The maximum absolute atomic E-state index is 12.4. The van der Waals surface area contributed by atoms with Crippen LogP contribution < -0.4 is 10.1 Å². The van der Waals surface area contributed by atoms with Gasteiger partial charge in [0.25, 0.3) is 5.91 Å². The molecular weight excluding hydrogens is 356 g/mol. The van der Waals surface area contributed by atoms with Crippen LogP contribution >= 0.6 is 22.9 Å². The number of aromatic nitrogens is 1. The van der Waals surface area contributed by atoms with Gasteiger partial charge in [0.05, 0.1) is 0 Å². The van der Waals surface area contributed by atoms with E-state index in [1.807, 2.05) is 48.5 Å². The van der Waals surface area contributed by atoms with Gasteiger partial charge >= 0.3 is 0 Å². The predicted octanol–water partition coefficient (Wildman–Crippen LogP) is 4.33. The van der Waals surface area contributed by atoms with E-state index in [1.54, 1.807) is 6.20 Å². The van der Waals surface area contributed by atoms with Crippen LogP contribution in [0.15, 0.2) is 54.7 Å². The molecule has 0 fully saturated rings.